The monoisotopic (exact) mass is 381 g/mol. The van der Waals surface area contributed by atoms with Crippen molar-refractivity contribution < 1.29 is 14.3 Å². The van der Waals surface area contributed by atoms with Crippen LogP contribution in [-0.2, 0) is 11.2 Å². The largest absolute Gasteiger partial charge is 0.450 e. The number of anilines is 2. The molecule has 0 radical (unpaired) electrons. The van der Waals surface area contributed by atoms with Gasteiger partial charge in [0.2, 0.25) is 0 Å². The minimum absolute atomic E-state index is 0.102. The molecule has 2 aromatic rings. The average molecular weight is 381 g/mol. The Labute approximate surface area is 165 Å². The van der Waals surface area contributed by atoms with Crippen LogP contribution in [-0.4, -0.2) is 30.2 Å². The van der Waals surface area contributed by atoms with E-state index in [9.17, 15) is 9.59 Å². The lowest BCUT2D eigenvalue weighted by Crippen LogP contribution is -2.38. The number of carbonyl (C=O) groups is 2. The molecule has 1 aliphatic rings. The Morgan fingerprint density at radius 1 is 1.04 bits per heavy atom. The molecular weight excluding hydrogens is 354 g/mol. The van der Waals surface area contributed by atoms with Crippen molar-refractivity contribution in [1.29, 1.82) is 0 Å². The molecule has 3 amide bonds. The first-order valence-electron chi connectivity index (χ1n) is 9.81. The van der Waals surface area contributed by atoms with Crippen LogP contribution in [0.4, 0.5) is 21.0 Å². The summed E-state index contributed by atoms with van der Waals surface area (Å²) in [6.07, 6.45) is 2.36. The third-order valence-electron chi connectivity index (χ3n) is 4.86. The zero-order valence-electron chi connectivity index (χ0n) is 16.4. The van der Waals surface area contributed by atoms with Crippen LogP contribution in [0.3, 0.4) is 0 Å². The Morgan fingerprint density at radius 3 is 2.39 bits per heavy atom. The topological polar surface area (TPSA) is 70.7 Å². The highest BCUT2D eigenvalue weighted by Crippen LogP contribution is 2.36. The Kier molecular flexibility index (Phi) is 6.53. The van der Waals surface area contributed by atoms with Crippen molar-refractivity contribution in [2.45, 2.75) is 39.2 Å². The standard InChI is InChI=1S/C22H27N3O3/c1-3-15-25(20-14-9-16-7-5-6-8-19(16)20)21(26)23-17-10-12-18(13-11-17)24-22(27)28-4-2/h5-8,10-13,20H,3-4,9,14-15H2,1-2H3,(H,23,26)(H,24,27). The predicted molar refractivity (Wildman–Crippen MR) is 111 cm³/mol. The van der Waals surface area contributed by atoms with Gasteiger partial charge in [-0.3, -0.25) is 5.32 Å². The van der Waals surface area contributed by atoms with E-state index in [0.29, 0.717) is 24.5 Å². The predicted octanol–water partition coefficient (Wildman–Crippen LogP) is 5.19. The van der Waals surface area contributed by atoms with Crippen LogP contribution in [0, 0.1) is 0 Å². The Bertz CT molecular complexity index is 820. The summed E-state index contributed by atoms with van der Waals surface area (Å²) in [5, 5.41) is 5.62. The number of ether oxygens (including phenoxy) is 1. The third kappa shape index (κ3) is 4.63. The minimum Gasteiger partial charge on any atom is -0.450 e. The molecular formula is C22H27N3O3. The molecule has 0 bridgehead atoms. The summed E-state index contributed by atoms with van der Waals surface area (Å²) in [4.78, 5) is 26.4. The summed E-state index contributed by atoms with van der Waals surface area (Å²) in [5.74, 6) is 0. The molecule has 28 heavy (non-hydrogen) atoms. The fourth-order valence-electron chi connectivity index (χ4n) is 3.62. The van der Waals surface area contributed by atoms with Crippen LogP contribution >= 0.6 is 0 Å². The van der Waals surface area contributed by atoms with E-state index in [2.05, 4.69) is 35.8 Å². The van der Waals surface area contributed by atoms with Gasteiger partial charge < -0.3 is 15.0 Å². The van der Waals surface area contributed by atoms with E-state index < -0.39 is 6.09 Å². The number of amides is 3. The number of aryl methyl sites for hydroxylation is 1. The fraction of sp³-hybridized carbons (Fsp3) is 0.364. The first-order valence-corrected chi connectivity index (χ1v) is 9.81. The van der Waals surface area contributed by atoms with E-state index in [4.69, 9.17) is 4.74 Å². The molecule has 0 fully saturated rings. The molecule has 1 aliphatic carbocycles. The number of benzene rings is 2. The molecule has 0 heterocycles. The van der Waals surface area contributed by atoms with Gasteiger partial charge in [-0.05, 0) is 61.6 Å². The molecule has 0 aliphatic heterocycles. The van der Waals surface area contributed by atoms with Gasteiger partial charge in [0.05, 0.1) is 12.6 Å². The fourth-order valence-corrected chi connectivity index (χ4v) is 3.62. The smallest absolute Gasteiger partial charge is 0.411 e. The van der Waals surface area contributed by atoms with E-state index in [1.165, 1.54) is 11.1 Å². The van der Waals surface area contributed by atoms with Crippen molar-refractivity contribution >= 4 is 23.5 Å². The number of rotatable bonds is 6. The summed E-state index contributed by atoms with van der Waals surface area (Å²) in [7, 11) is 0. The lowest BCUT2D eigenvalue weighted by atomic mass is 10.1. The Morgan fingerprint density at radius 2 is 1.71 bits per heavy atom. The highest BCUT2D eigenvalue weighted by molar-refractivity contribution is 5.90. The van der Waals surface area contributed by atoms with Crippen LogP contribution in [0.25, 0.3) is 0 Å². The van der Waals surface area contributed by atoms with Crippen molar-refractivity contribution in [1.82, 2.24) is 4.90 Å². The second-order valence-corrected chi connectivity index (χ2v) is 6.80. The van der Waals surface area contributed by atoms with E-state index >= 15 is 0 Å². The molecule has 3 rings (SSSR count). The van der Waals surface area contributed by atoms with Crippen LogP contribution in [0.2, 0.25) is 0 Å². The molecule has 2 N–H and O–H groups in total. The van der Waals surface area contributed by atoms with E-state index in [-0.39, 0.29) is 12.1 Å². The molecule has 1 unspecified atom stereocenters. The van der Waals surface area contributed by atoms with Crippen LogP contribution in [0.15, 0.2) is 48.5 Å². The van der Waals surface area contributed by atoms with Gasteiger partial charge in [0, 0.05) is 17.9 Å². The summed E-state index contributed by atoms with van der Waals surface area (Å²) in [6, 6.07) is 15.4. The Balaban J connectivity index is 1.67. The number of carbonyl (C=O) groups excluding carboxylic acids is 2. The zero-order valence-corrected chi connectivity index (χ0v) is 16.4. The van der Waals surface area contributed by atoms with Crippen molar-refractivity contribution in [3.8, 4) is 0 Å². The van der Waals surface area contributed by atoms with Crippen molar-refractivity contribution in [3.05, 3.63) is 59.7 Å². The average Bonchev–Trinajstić information content (AvgIpc) is 3.11. The maximum absolute atomic E-state index is 13.0. The molecule has 0 spiro atoms. The summed E-state index contributed by atoms with van der Waals surface area (Å²) in [6.45, 7) is 4.85. The second-order valence-electron chi connectivity index (χ2n) is 6.80. The molecule has 1 atom stereocenters. The van der Waals surface area contributed by atoms with Crippen LogP contribution in [0.5, 0.6) is 0 Å². The second kappa shape index (κ2) is 9.26. The molecule has 2 aromatic carbocycles. The molecule has 148 valence electrons. The first kappa shape index (κ1) is 19.7. The van der Waals surface area contributed by atoms with Crippen LogP contribution in [0.1, 0.15) is 43.9 Å². The SMILES string of the molecule is CCCN(C(=O)Nc1ccc(NC(=O)OCC)cc1)C1CCc2ccccc21. The summed E-state index contributed by atoms with van der Waals surface area (Å²) in [5.41, 5.74) is 3.88. The van der Waals surface area contributed by atoms with Crippen molar-refractivity contribution in [2.75, 3.05) is 23.8 Å². The minimum atomic E-state index is -0.492. The van der Waals surface area contributed by atoms with Gasteiger partial charge in [-0.25, -0.2) is 9.59 Å². The van der Waals surface area contributed by atoms with E-state index in [1.807, 2.05) is 11.0 Å². The maximum atomic E-state index is 13.0. The van der Waals surface area contributed by atoms with Crippen LogP contribution < -0.4 is 10.6 Å². The normalized spacial score (nSPS) is 14.9. The first-order chi connectivity index (χ1) is 13.6. The number of hydrogen-bond acceptors (Lipinski definition) is 3. The van der Waals surface area contributed by atoms with E-state index in [1.54, 1.807) is 31.2 Å². The van der Waals surface area contributed by atoms with Gasteiger partial charge in [0.25, 0.3) is 0 Å². The number of fused-ring (bicyclic) bond motifs is 1. The lowest BCUT2D eigenvalue weighted by Gasteiger charge is -2.29. The van der Waals surface area contributed by atoms with Crippen molar-refractivity contribution in [2.24, 2.45) is 0 Å². The molecule has 6 heteroatoms. The highest BCUT2D eigenvalue weighted by Gasteiger charge is 2.30. The van der Waals surface area contributed by atoms with Gasteiger partial charge in [-0.2, -0.15) is 0 Å². The summed E-state index contributed by atoms with van der Waals surface area (Å²) >= 11 is 0. The maximum Gasteiger partial charge on any atom is 0.411 e. The molecule has 0 aromatic heterocycles. The number of nitrogens with zero attached hydrogens (tertiary/aromatic N) is 1. The van der Waals surface area contributed by atoms with Gasteiger partial charge in [-0.1, -0.05) is 31.2 Å². The van der Waals surface area contributed by atoms with Gasteiger partial charge in [0.1, 0.15) is 0 Å². The molecule has 0 saturated heterocycles. The Hall–Kier alpha value is -3.02. The quantitative estimate of drug-likeness (QED) is 0.724. The van der Waals surface area contributed by atoms with Crippen molar-refractivity contribution in [3.63, 3.8) is 0 Å². The van der Waals surface area contributed by atoms with Gasteiger partial charge in [0.15, 0.2) is 0 Å². The summed E-state index contributed by atoms with van der Waals surface area (Å²) < 4.78 is 4.86. The zero-order chi connectivity index (χ0) is 19.9. The lowest BCUT2D eigenvalue weighted by molar-refractivity contribution is 0.168. The number of nitrogens with one attached hydrogen (secondary N) is 2. The number of hydrogen-bond donors (Lipinski definition) is 2. The molecule has 0 saturated carbocycles. The van der Waals surface area contributed by atoms with Gasteiger partial charge >= 0.3 is 12.1 Å². The van der Waals surface area contributed by atoms with E-state index in [0.717, 1.165) is 19.3 Å². The third-order valence-corrected chi connectivity index (χ3v) is 4.86. The highest BCUT2D eigenvalue weighted by atomic mass is 16.5. The van der Waals surface area contributed by atoms with Gasteiger partial charge in [-0.15, -0.1) is 0 Å². The molecule has 6 nitrogen and oxygen atoms in total. The number of urea groups is 1.